The molecule has 0 bridgehead atoms. The number of esters is 7. The summed E-state index contributed by atoms with van der Waals surface area (Å²) in [6.07, 6.45) is -12.5. The molecular weight excluding hydrogens is 664 g/mol. The van der Waals surface area contributed by atoms with Gasteiger partial charge in [0.25, 0.3) is 0 Å². The van der Waals surface area contributed by atoms with Gasteiger partial charge in [-0.1, -0.05) is 20.8 Å². The fourth-order valence-corrected chi connectivity index (χ4v) is 6.18. The first-order valence-electron chi connectivity index (χ1n) is 15.0. The molecule has 0 aromatic heterocycles. The lowest BCUT2D eigenvalue weighted by Gasteiger charge is -2.47. The van der Waals surface area contributed by atoms with E-state index in [1.807, 2.05) is 20.8 Å². The molecule has 0 aromatic rings. The molecule has 17 nitrogen and oxygen atoms in total. The Hall–Kier alpha value is -3.48. The van der Waals surface area contributed by atoms with E-state index >= 15 is 0 Å². The van der Waals surface area contributed by atoms with Crippen molar-refractivity contribution in [2.45, 2.75) is 135 Å². The summed E-state index contributed by atoms with van der Waals surface area (Å²) in [5, 5.41) is 0. The van der Waals surface area contributed by atoms with Gasteiger partial charge in [0, 0.05) is 53.2 Å². The van der Waals surface area contributed by atoms with Crippen LogP contribution in [0, 0.1) is 0 Å². The molecule has 0 spiro atoms. The van der Waals surface area contributed by atoms with Crippen molar-refractivity contribution in [3.05, 3.63) is 0 Å². The zero-order chi connectivity index (χ0) is 36.5. The average molecular weight is 709 g/mol. The fraction of sp³-hybridized carbons (Fsp3) is 0.767. The minimum Gasteiger partial charge on any atom is -0.463 e. The molecular formula is C30H44O17S. The van der Waals surface area contributed by atoms with Gasteiger partial charge in [-0.3, -0.25) is 33.6 Å². The average Bonchev–Trinajstić information content (AvgIpc) is 2.90. The SMILES string of the molecule is CC(=O)OC[C@H]1O[C@@H](OC[C@H]2O[C@@H](SC(C)(C)C)[C@H](OC(C)=O)[C@@H](OC(C)=O)[C@@H]2OC(C)=O)[C@H](OC(C)=O)[C@@H](OC(C)=O)[C@@H]1OC(C)=O. The van der Waals surface area contributed by atoms with E-state index in [1.54, 1.807) is 0 Å². The van der Waals surface area contributed by atoms with Crippen LogP contribution in [0.25, 0.3) is 0 Å². The molecule has 0 N–H and O–H groups in total. The van der Waals surface area contributed by atoms with E-state index in [2.05, 4.69) is 0 Å². The maximum atomic E-state index is 12.3. The summed E-state index contributed by atoms with van der Waals surface area (Å²) in [4.78, 5) is 84.7. The van der Waals surface area contributed by atoms with Gasteiger partial charge in [0.1, 0.15) is 24.3 Å². The lowest BCUT2D eigenvalue weighted by atomic mass is 9.97. The Morgan fingerprint density at radius 1 is 0.500 bits per heavy atom. The van der Waals surface area contributed by atoms with E-state index in [0.29, 0.717) is 0 Å². The summed E-state index contributed by atoms with van der Waals surface area (Å²) < 4.78 is 55.8. The molecule has 2 rings (SSSR count). The first kappa shape index (κ1) is 40.7. The minimum atomic E-state index is -1.58. The third-order valence-electron chi connectivity index (χ3n) is 6.34. The Morgan fingerprint density at radius 3 is 1.29 bits per heavy atom. The first-order chi connectivity index (χ1) is 22.2. The van der Waals surface area contributed by atoms with Crippen LogP contribution in [0.1, 0.15) is 69.2 Å². The normalized spacial score (nSPS) is 30.2. The highest BCUT2D eigenvalue weighted by atomic mass is 32.2. The van der Waals surface area contributed by atoms with Gasteiger partial charge >= 0.3 is 41.8 Å². The summed E-state index contributed by atoms with van der Waals surface area (Å²) in [5.74, 6) is -5.47. The lowest BCUT2D eigenvalue weighted by Crippen LogP contribution is -2.64. The molecule has 272 valence electrons. The lowest BCUT2D eigenvalue weighted by molar-refractivity contribution is -0.317. The van der Waals surface area contributed by atoms with Crippen molar-refractivity contribution in [2.24, 2.45) is 0 Å². The Bertz CT molecular complexity index is 1200. The Morgan fingerprint density at radius 2 is 0.875 bits per heavy atom. The zero-order valence-electron chi connectivity index (χ0n) is 28.5. The predicted molar refractivity (Wildman–Crippen MR) is 161 cm³/mol. The molecule has 48 heavy (non-hydrogen) atoms. The molecule has 2 saturated heterocycles. The van der Waals surface area contributed by atoms with Crippen LogP contribution in [-0.4, -0.2) is 120 Å². The standard InChI is InChI=1S/C30H44O17S/c1-13(31)38-11-20-22(40-14(2)32)24(42-16(4)34)26(44-18(6)36)28(46-20)39-12-21-23(41-15(3)33)25(43-17(5)35)27(45-19(7)37)29(47-21)48-30(8,9)10/h20-29H,11-12H2,1-10H3/t20-,21-,22-,23-,24+,25+,26-,27-,28-,29+/m1/s1. The monoisotopic (exact) mass is 708 g/mol. The Labute approximate surface area is 282 Å². The van der Waals surface area contributed by atoms with Crippen LogP contribution in [-0.2, 0) is 80.9 Å². The van der Waals surface area contributed by atoms with Crippen molar-refractivity contribution in [1.29, 1.82) is 0 Å². The molecule has 0 aromatic carbocycles. The third-order valence-corrected chi connectivity index (χ3v) is 7.66. The number of carbonyl (C=O) groups excluding carboxylic acids is 7. The molecule has 0 aliphatic carbocycles. The topological polar surface area (TPSA) is 212 Å². The van der Waals surface area contributed by atoms with E-state index in [1.165, 1.54) is 11.8 Å². The Kier molecular flexibility index (Phi) is 15.1. The van der Waals surface area contributed by atoms with Gasteiger partial charge in [-0.25, -0.2) is 0 Å². The highest BCUT2D eigenvalue weighted by Gasteiger charge is 2.55. The highest BCUT2D eigenvalue weighted by Crippen LogP contribution is 2.40. The summed E-state index contributed by atoms with van der Waals surface area (Å²) in [6.45, 7) is 12.4. The number of carbonyl (C=O) groups is 7. The quantitative estimate of drug-likeness (QED) is 0.205. The molecule has 18 heteroatoms. The largest absolute Gasteiger partial charge is 0.463 e. The molecule has 2 aliphatic rings. The van der Waals surface area contributed by atoms with E-state index < -0.39 is 120 Å². The van der Waals surface area contributed by atoms with Crippen LogP contribution in [0.3, 0.4) is 0 Å². The van der Waals surface area contributed by atoms with Crippen LogP contribution in [0.4, 0.5) is 0 Å². The number of rotatable bonds is 12. The summed E-state index contributed by atoms with van der Waals surface area (Å²) in [7, 11) is 0. The number of hydrogen-bond acceptors (Lipinski definition) is 18. The summed E-state index contributed by atoms with van der Waals surface area (Å²) in [5.41, 5.74) is -0.978. The number of thioether (sulfide) groups is 1. The van der Waals surface area contributed by atoms with E-state index in [4.69, 9.17) is 47.4 Å². The second kappa shape index (κ2) is 17.8. The first-order valence-corrected chi connectivity index (χ1v) is 15.8. The van der Waals surface area contributed by atoms with Crippen LogP contribution in [0.15, 0.2) is 0 Å². The number of hydrogen-bond donors (Lipinski definition) is 0. The van der Waals surface area contributed by atoms with Crippen molar-refractivity contribution in [2.75, 3.05) is 13.2 Å². The van der Waals surface area contributed by atoms with Crippen LogP contribution in [0.2, 0.25) is 0 Å². The fourth-order valence-electron chi connectivity index (χ4n) is 4.95. The molecule has 2 fully saturated rings. The molecule has 2 aliphatic heterocycles. The second-order valence-electron chi connectivity index (χ2n) is 11.9. The van der Waals surface area contributed by atoms with Crippen molar-refractivity contribution in [3.63, 3.8) is 0 Å². The summed E-state index contributed by atoms with van der Waals surface area (Å²) in [6, 6.07) is 0. The molecule has 10 atom stereocenters. The van der Waals surface area contributed by atoms with Gasteiger partial charge in [-0.2, -0.15) is 0 Å². The molecule has 2 heterocycles. The molecule has 0 amide bonds. The summed E-state index contributed by atoms with van der Waals surface area (Å²) >= 11 is 1.23. The van der Waals surface area contributed by atoms with E-state index in [-0.39, 0.29) is 0 Å². The molecule has 0 unspecified atom stereocenters. The van der Waals surface area contributed by atoms with Gasteiger partial charge in [0.05, 0.1) is 6.61 Å². The van der Waals surface area contributed by atoms with Crippen LogP contribution >= 0.6 is 11.8 Å². The van der Waals surface area contributed by atoms with Gasteiger partial charge in [0.15, 0.2) is 42.9 Å². The predicted octanol–water partition coefficient (Wildman–Crippen LogP) is 1.14. The van der Waals surface area contributed by atoms with Crippen molar-refractivity contribution in [1.82, 2.24) is 0 Å². The van der Waals surface area contributed by atoms with Crippen LogP contribution < -0.4 is 0 Å². The van der Waals surface area contributed by atoms with E-state index in [0.717, 1.165) is 48.5 Å². The Balaban J connectivity index is 2.59. The maximum Gasteiger partial charge on any atom is 0.303 e. The zero-order valence-corrected chi connectivity index (χ0v) is 29.4. The molecule has 0 radical (unpaired) electrons. The van der Waals surface area contributed by atoms with Crippen molar-refractivity contribution < 1.29 is 80.9 Å². The number of ether oxygens (including phenoxy) is 10. The van der Waals surface area contributed by atoms with Gasteiger partial charge in [-0.05, 0) is 0 Å². The third kappa shape index (κ3) is 12.9. The smallest absolute Gasteiger partial charge is 0.303 e. The maximum absolute atomic E-state index is 12.3. The second-order valence-corrected chi connectivity index (χ2v) is 13.8. The van der Waals surface area contributed by atoms with Crippen molar-refractivity contribution >= 4 is 53.5 Å². The molecule has 0 saturated carbocycles. The van der Waals surface area contributed by atoms with Gasteiger partial charge < -0.3 is 47.4 Å². The van der Waals surface area contributed by atoms with Gasteiger partial charge in [-0.15, -0.1) is 11.8 Å². The highest BCUT2D eigenvalue weighted by molar-refractivity contribution is 8.01. The van der Waals surface area contributed by atoms with Crippen molar-refractivity contribution in [3.8, 4) is 0 Å². The minimum absolute atomic E-state index is 0.483. The van der Waals surface area contributed by atoms with Gasteiger partial charge in [0.2, 0.25) is 0 Å². The van der Waals surface area contributed by atoms with E-state index in [9.17, 15) is 33.6 Å². The van der Waals surface area contributed by atoms with Crippen LogP contribution in [0.5, 0.6) is 0 Å².